The molecule has 6 nitrogen and oxygen atoms in total. The average Bonchev–Trinajstić information content (AvgIpc) is 3.06. The first-order valence-corrected chi connectivity index (χ1v) is 17.6. The van der Waals surface area contributed by atoms with E-state index in [0.717, 1.165) is 75.3 Å². The van der Waals surface area contributed by atoms with E-state index in [1.165, 1.54) is 38.5 Å². The molecular formula is C39H58O6. The van der Waals surface area contributed by atoms with Crippen molar-refractivity contribution < 1.29 is 29.0 Å². The zero-order valence-electron chi connectivity index (χ0n) is 27.8. The Labute approximate surface area is 272 Å². The average molecular weight is 623 g/mol. The number of unbranched alkanes of at least 4 members (excludes halogenated alkanes) is 15. The zero-order chi connectivity index (χ0) is 32.4. The molecular weight excluding hydrogens is 564 g/mol. The number of esters is 2. The molecule has 45 heavy (non-hydrogen) atoms. The van der Waals surface area contributed by atoms with Crippen molar-refractivity contribution in [2.45, 2.75) is 149 Å². The summed E-state index contributed by atoms with van der Waals surface area (Å²) in [6.07, 6.45) is 19.0. The van der Waals surface area contributed by atoms with Crippen LogP contribution in [0.2, 0.25) is 0 Å². The summed E-state index contributed by atoms with van der Waals surface area (Å²) in [7, 11) is 0. The largest absolute Gasteiger partial charge is 0.480 e. The highest BCUT2D eigenvalue weighted by atomic mass is 16.5. The summed E-state index contributed by atoms with van der Waals surface area (Å²) in [6.45, 7) is 2.64. The second kappa shape index (κ2) is 24.1. The molecule has 0 heterocycles. The fourth-order valence-electron chi connectivity index (χ4n) is 5.80. The maximum absolute atomic E-state index is 13.3. The molecule has 0 spiro atoms. The number of carboxylic acid groups (broad SMARTS) is 1. The van der Waals surface area contributed by atoms with E-state index in [1.807, 2.05) is 60.7 Å². The Morgan fingerprint density at radius 1 is 0.556 bits per heavy atom. The number of hydrogen-bond donors (Lipinski definition) is 1. The lowest BCUT2D eigenvalue weighted by atomic mass is 9.77. The molecule has 2 aromatic carbocycles. The van der Waals surface area contributed by atoms with E-state index in [9.17, 15) is 19.5 Å². The van der Waals surface area contributed by atoms with Gasteiger partial charge in [-0.15, -0.1) is 0 Å². The van der Waals surface area contributed by atoms with E-state index in [0.29, 0.717) is 32.3 Å². The van der Waals surface area contributed by atoms with Gasteiger partial charge in [-0.1, -0.05) is 170 Å². The Kier molecular flexibility index (Phi) is 20.4. The van der Waals surface area contributed by atoms with Crippen LogP contribution in [0.4, 0.5) is 0 Å². The van der Waals surface area contributed by atoms with Crippen molar-refractivity contribution in [3.63, 3.8) is 0 Å². The van der Waals surface area contributed by atoms with Crippen molar-refractivity contribution in [1.82, 2.24) is 0 Å². The summed E-state index contributed by atoms with van der Waals surface area (Å²) in [5.74, 6) is -1.80. The van der Waals surface area contributed by atoms with Crippen molar-refractivity contribution >= 4 is 17.9 Å². The Morgan fingerprint density at radius 3 is 1.40 bits per heavy atom. The van der Waals surface area contributed by atoms with Crippen molar-refractivity contribution in [3.05, 3.63) is 71.8 Å². The molecule has 0 saturated heterocycles. The van der Waals surface area contributed by atoms with Crippen LogP contribution >= 0.6 is 0 Å². The van der Waals surface area contributed by atoms with E-state index in [1.54, 1.807) is 0 Å². The summed E-state index contributed by atoms with van der Waals surface area (Å²) < 4.78 is 11.0. The SMILES string of the molecule is CCCCCCCCCCC[C@](CCCCCCCCCCC(=O)OCc1ccccc1)(C(=O)O)C(=O)OCc1ccccc1. The lowest BCUT2D eigenvalue weighted by molar-refractivity contribution is -0.171. The van der Waals surface area contributed by atoms with Gasteiger partial charge in [-0.25, -0.2) is 0 Å². The van der Waals surface area contributed by atoms with Crippen molar-refractivity contribution in [2.24, 2.45) is 5.41 Å². The first-order valence-electron chi connectivity index (χ1n) is 17.6. The normalized spacial score (nSPS) is 12.4. The lowest BCUT2D eigenvalue weighted by Crippen LogP contribution is -2.41. The monoisotopic (exact) mass is 622 g/mol. The van der Waals surface area contributed by atoms with Crippen molar-refractivity contribution in [2.75, 3.05) is 0 Å². The van der Waals surface area contributed by atoms with Crippen LogP contribution in [0.1, 0.15) is 146 Å². The number of rotatable bonds is 27. The summed E-state index contributed by atoms with van der Waals surface area (Å²) in [5.41, 5.74) is 0.377. The van der Waals surface area contributed by atoms with Gasteiger partial charge in [0.25, 0.3) is 0 Å². The maximum Gasteiger partial charge on any atom is 0.323 e. The standard InChI is InChI=1S/C39H58O6/c1-2-3-4-5-6-8-11-14-23-30-39(37(41)42,38(43)45-33-35-27-20-17-21-28-35)31-24-15-12-9-7-10-13-22-29-36(40)44-32-34-25-18-16-19-26-34/h16-21,25-28H,2-15,22-24,29-33H2,1H3,(H,41,42)/t39-/m0/s1. The minimum atomic E-state index is -1.48. The Hall–Kier alpha value is -3.15. The van der Waals surface area contributed by atoms with Crippen LogP contribution in [0.3, 0.4) is 0 Å². The van der Waals surface area contributed by atoms with Crippen LogP contribution in [0.5, 0.6) is 0 Å². The van der Waals surface area contributed by atoms with Gasteiger partial charge in [0.15, 0.2) is 5.41 Å². The number of ether oxygens (including phenoxy) is 2. The van der Waals surface area contributed by atoms with Gasteiger partial charge in [0.05, 0.1) is 0 Å². The second-order valence-corrected chi connectivity index (χ2v) is 12.5. The third kappa shape index (κ3) is 16.7. The van der Waals surface area contributed by atoms with Gasteiger partial charge >= 0.3 is 17.9 Å². The van der Waals surface area contributed by atoms with Crippen LogP contribution in [0.15, 0.2) is 60.7 Å². The van der Waals surface area contributed by atoms with Crippen LogP contribution < -0.4 is 0 Å². The van der Waals surface area contributed by atoms with Gasteiger partial charge in [-0.05, 0) is 30.4 Å². The number of benzene rings is 2. The highest BCUT2D eigenvalue weighted by Crippen LogP contribution is 2.35. The molecule has 0 radical (unpaired) electrons. The first-order chi connectivity index (χ1) is 22.0. The highest BCUT2D eigenvalue weighted by molar-refractivity contribution is 5.99. The molecule has 1 N–H and O–H groups in total. The Morgan fingerprint density at radius 2 is 0.956 bits per heavy atom. The molecule has 0 unspecified atom stereocenters. The molecule has 0 amide bonds. The van der Waals surface area contributed by atoms with Crippen LogP contribution in [0.25, 0.3) is 0 Å². The summed E-state index contributed by atoms with van der Waals surface area (Å²) in [6, 6.07) is 19.2. The van der Waals surface area contributed by atoms with Crippen molar-refractivity contribution in [3.8, 4) is 0 Å². The molecule has 0 aliphatic heterocycles. The lowest BCUT2D eigenvalue weighted by Gasteiger charge is -2.27. The highest BCUT2D eigenvalue weighted by Gasteiger charge is 2.46. The number of carboxylic acids is 1. The molecule has 0 fully saturated rings. The second-order valence-electron chi connectivity index (χ2n) is 12.5. The van der Waals surface area contributed by atoms with Gasteiger partial charge in [0.1, 0.15) is 13.2 Å². The molecule has 2 rings (SSSR count). The fourth-order valence-corrected chi connectivity index (χ4v) is 5.80. The molecule has 6 heteroatoms. The number of aliphatic carboxylic acids is 1. The molecule has 0 aliphatic rings. The van der Waals surface area contributed by atoms with Gasteiger partial charge in [0, 0.05) is 6.42 Å². The molecule has 0 aliphatic carbocycles. The molecule has 0 saturated carbocycles. The maximum atomic E-state index is 13.3. The third-order valence-corrected chi connectivity index (χ3v) is 8.70. The predicted molar refractivity (Wildman–Crippen MR) is 181 cm³/mol. The van der Waals surface area contributed by atoms with Crippen LogP contribution in [-0.2, 0) is 37.1 Å². The van der Waals surface area contributed by atoms with E-state index in [2.05, 4.69) is 6.92 Å². The Balaban J connectivity index is 1.69. The smallest absolute Gasteiger partial charge is 0.323 e. The van der Waals surface area contributed by atoms with Gasteiger partial charge in [-0.3, -0.25) is 14.4 Å². The number of carbonyl (C=O) groups is 3. The minimum Gasteiger partial charge on any atom is -0.480 e. The summed E-state index contributed by atoms with van der Waals surface area (Å²) in [5, 5.41) is 10.3. The third-order valence-electron chi connectivity index (χ3n) is 8.70. The van der Waals surface area contributed by atoms with E-state index in [-0.39, 0.29) is 12.6 Å². The molecule has 250 valence electrons. The number of hydrogen-bond acceptors (Lipinski definition) is 5. The topological polar surface area (TPSA) is 89.9 Å². The van der Waals surface area contributed by atoms with E-state index in [4.69, 9.17) is 9.47 Å². The van der Waals surface area contributed by atoms with Crippen molar-refractivity contribution in [1.29, 1.82) is 0 Å². The summed E-state index contributed by atoms with van der Waals surface area (Å²) in [4.78, 5) is 37.9. The molecule has 1 atom stereocenters. The van der Waals surface area contributed by atoms with Gasteiger partial charge < -0.3 is 14.6 Å². The minimum absolute atomic E-state index is 0.0945. The zero-order valence-corrected chi connectivity index (χ0v) is 27.8. The molecule has 0 bridgehead atoms. The number of carbonyl (C=O) groups excluding carboxylic acids is 2. The van der Waals surface area contributed by atoms with E-state index >= 15 is 0 Å². The Bertz CT molecular complexity index is 1050. The van der Waals surface area contributed by atoms with Crippen LogP contribution in [0, 0.1) is 5.41 Å². The molecule has 2 aromatic rings. The van der Waals surface area contributed by atoms with Crippen LogP contribution in [-0.4, -0.2) is 23.0 Å². The summed E-state index contributed by atoms with van der Waals surface area (Å²) >= 11 is 0. The van der Waals surface area contributed by atoms with E-state index < -0.39 is 17.4 Å². The molecule has 0 aromatic heterocycles. The fraction of sp³-hybridized carbons (Fsp3) is 0.615. The van der Waals surface area contributed by atoms with Gasteiger partial charge in [0.2, 0.25) is 0 Å². The quantitative estimate of drug-likeness (QED) is 0.0606. The first kappa shape index (κ1) is 38.0. The van der Waals surface area contributed by atoms with Gasteiger partial charge in [-0.2, -0.15) is 0 Å². The predicted octanol–water partition coefficient (Wildman–Crippen LogP) is 10.4.